The Bertz CT molecular complexity index is 1170. The average molecular weight is 541 g/mol. The number of ether oxygens (including phenoxy) is 2. The maximum absolute atomic E-state index is 14.5. The van der Waals surface area contributed by atoms with Crippen molar-refractivity contribution in [2.75, 3.05) is 14.2 Å². The summed E-state index contributed by atoms with van der Waals surface area (Å²) in [7, 11) is 2.83. The molecule has 9 atom stereocenters. The van der Waals surface area contributed by atoms with Crippen molar-refractivity contribution >= 4 is 23.5 Å². The molecule has 0 aromatic carbocycles. The minimum Gasteiger partial charge on any atom is -0.469 e. The predicted octanol–water partition coefficient (Wildman–Crippen LogP) is 6.11. The van der Waals surface area contributed by atoms with Crippen molar-refractivity contribution < 1.29 is 28.7 Å². The van der Waals surface area contributed by atoms with E-state index in [1.807, 2.05) is 13.0 Å². The molecule has 5 rings (SSSR count). The third-order valence-corrected chi connectivity index (χ3v) is 13.8. The number of carbonyl (C=O) groups excluding carboxylic acids is 4. The number of carbonyl (C=O) groups is 4. The first-order chi connectivity index (χ1) is 18.0. The van der Waals surface area contributed by atoms with Gasteiger partial charge in [-0.05, 0) is 90.4 Å². The van der Waals surface area contributed by atoms with Crippen molar-refractivity contribution in [1.29, 1.82) is 0 Å². The molecule has 216 valence electrons. The lowest BCUT2D eigenvalue weighted by Crippen LogP contribution is -2.67. The molecule has 5 aliphatic rings. The van der Waals surface area contributed by atoms with Crippen LogP contribution in [0.2, 0.25) is 0 Å². The summed E-state index contributed by atoms with van der Waals surface area (Å²) in [5, 5.41) is 0. The number of fused-ring (bicyclic) bond motifs is 7. The monoisotopic (exact) mass is 540 g/mol. The van der Waals surface area contributed by atoms with Gasteiger partial charge in [0.15, 0.2) is 5.78 Å². The van der Waals surface area contributed by atoms with E-state index in [-0.39, 0.29) is 56.9 Å². The largest absolute Gasteiger partial charge is 0.469 e. The summed E-state index contributed by atoms with van der Waals surface area (Å²) in [6.45, 7) is 15.5. The van der Waals surface area contributed by atoms with Crippen molar-refractivity contribution in [2.45, 2.75) is 99.8 Å². The third-order valence-electron chi connectivity index (χ3n) is 13.8. The lowest BCUT2D eigenvalue weighted by Gasteiger charge is -2.71. The minimum absolute atomic E-state index is 0.0396. The first-order valence-corrected chi connectivity index (χ1v) is 14.9. The zero-order chi connectivity index (χ0) is 29.0. The van der Waals surface area contributed by atoms with Crippen LogP contribution in [0.4, 0.5) is 0 Å². The van der Waals surface area contributed by atoms with Gasteiger partial charge in [-0.1, -0.05) is 54.0 Å². The molecule has 6 heteroatoms. The van der Waals surface area contributed by atoms with Crippen LogP contribution < -0.4 is 0 Å². The second-order valence-electron chi connectivity index (χ2n) is 15.5. The van der Waals surface area contributed by atoms with Crippen molar-refractivity contribution in [1.82, 2.24) is 0 Å². The van der Waals surface area contributed by atoms with E-state index in [9.17, 15) is 19.2 Å². The van der Waals surface area contributed by atoms with Crippen molar-refractivity contribution in [3.05, 3.63) is 11.6 Å². The number of methoxy groups -OCH3 is 2. The lowest BCUT2D eigenvalue weighted by molar-refractivity contribution is -0.196. The average Bonchev–Trinajstić information content (AvgIpc) is 2.88. The van der Waals surface area contributed by atoms with Gasteiger partial charge in [0.05, 0.1) is 19.6 Å². The minimum atomic E-state index is -0.815. The highest BCUT2D eigenvalue weighted by molar-refractivity contribution is 6.02. The topological polar surface area (TPSA) is 86.7 Å². The predicted molar refractivity (Wildman–Crippen MR) is 147 cm³/mol. The molecule has 9 unspecified atom stereocenters. The van der Waals surface area contributed by atoms with Gasteiger partial charge in [0, 0.05) is 11.8 Å². The Labute approximate surface area is 234 Å². The summed E-state index contributed by atoms with van der Waals surface area (Å²) in [6.07, 6.45) is 8.08. The number of allylic oxidation sites excluding steroid dienone is 2. The smallest absolute Gasteiger partial charge is 0.316 e. The van der Waals surface area contributed by atoms with E-state index in [1.54, 1.807) is 0 Å². The van der Waals surface area contributed by atoms with Gasteiger partial charge >= 0.3 is 11.9 Å². The van der Waals surface area contributed by atoms with E-state index in [1.165, 1.54) is 14.2 Å². The molecule has 39 heavy (non-hydrogen) atoms. The Hall–Kier alpha value is -1.98. The summed E-state index contributed by atoms with van der Waals surface area (Å²) in [5.74, 6) is -2.00. The Morgan fingerprint density at radius 2 is 1.41 bits per heavy atom. The molecular weight excluding hydrogens is 492 g/mol. The Morgan fingerprint density at radius 1 is 0.795 bits per heavy atom. The van der Waals surface area contributed by atoms with Crippen LogP contribution in [0.25, 0.3) is 0 Å². The Morgan fingerprint density at radius 3 is 2.03 bits per heavy atom. The maximum Gasteiger partial charge on any atom is 0.316 e. The van der Waals surface area contributed by atoms with Crippen molar-refractivity contribution in [3.8, 4) is 0 Å². The van der Waals surface area contributed by atoms with Crippen molar-refractivity contribution in [3.63, 3.8) is 0 Å². The van der Waals surface area contributed by atoms with Gasteiger partial charge in [-0.25, -0.2) is 0 Å². The van der Waals surface area contributed by atoms with Gasteiger partial charge in [-0.15, -0.1) is 0 Å². The number of ketones is 2. The molecule has 0 aliphatic heterocycles. The fourth-order valence-corrected chi connectivity index (χ4v) is 10.6. The maximum atomic E-state index is 14.5. The zero-order valence-corrected chi connectivity index (χ0v) is 25.5. The second kappa shape index (κ2) is 8.52. The van der Waals surface area contributed by atoms with Crippen LogP contribution >= 0.6 is 0 Å². The highest BCUT2D eigenvalue weighted by Gasteiger charge is 2.73. The molecule has 0 saturated heterocycles. The van der Waals surface area contributed by atoms with Gasteiger partial charge in [-0.2, -0.15) is 0 Å². The van der Waals surface area contributed by atoms with Crippen LogP contribution in [0.1, 0.15) is 99.8 Å². The molecule has 5 aliphatic carbocycles. The highest BCUT2D eigenvalue weighted by atomic mass is 16.5. The van der Waals surface area contributed by atoms with E-state index in [4.69, 9.17) is 9.47 Å². The summed E-state index contributed by atoms with van der Waals surface area (Å²) < 4.78 is 10.5. The van der Waals surface area contributed by atoms with Gasteiger partial charge < -0.3 is 9.47 Å². The van der Waals surface area contributed by atoms with Crippen LogP contribution in [0.3, 0.4) is 0 Å². The van der Waals surface area contributed by atoms with Crippen LogP contribution in [-0.4, -0.2) is 37.7 Å². The molecule has 4 saturated carbocycles. The normalized spacial score (nSPS) is 48.5. The standard InChI is InChI=1S/C33H48O6/c1-19-25(35)20(26(36)38-8)17-32(7)23-16-22(34)24-21-18-28(2,3)10-14-33(21,27(37)39-9)15-13-31(24,6)30(23,5)12-11-29(19,32)4/h16,19-21,24H,10-15,17-18H2,1-9H3. The summed E-state index contributed by atoms with van der Waals surface area (Å²) in [4.78, 5) is 54.2. The van der Waals surface area contributed by atoms with Crippen molar-refractivity contribution in [2.24, 2.45) is 56.2 Å². The molecule has 0 bridgehead atoms. The van der Waals surface area contributed by atoms with Crippen LogP contribution in [0.15, 0.2) is 11.6 Å². The number of rotatable bonds is 2. The molecule has 0 N–H and O–H groups in total. The SMILES string of the molecule is COC(=O)C1CC2(C)C3=CC(=O)C4C5CC(C)(C)CCC5(C(=O)OC)CCC4(C)C3(C)CCC2(C)C(C)C1=O. The molecule has 0 aromatic rings. The zero-order valence-electron chi connectivity index (χ0n) is 25.5. The van der Waals surface area contributed by atoms with E-state index >= 15 is 0 Å². The molecule has 4 fully saturated rings. The van der Waals surface area contributed by atoms with Gasteiger partial charge in [0.1, 0.15) is 11.7 Å². The number of esters is 2. The van der Waals surface area contributed by atoms with E-state index in [0.29, 0.717) is 6.42 Å². The van der Waals surface area contributed by atoms with Crippen LogP contribution in [0, 0.1) is 56.2 Å². The molecular formula is C33H48O6. The molecule has 6 nitrogen and oxygen atoms in total. The molecule has 0 heterocycles. The van der Waals surface area contributed by atoms with E-state index < -0.39 is 22.7 Å². The van der Waals surface area contributed by atoms with E-state index in [0.717, 1.165) is 50.5 Å². The van der Waals surface area contributed by atoms with Gasteiger partial charge in [-0.3, -0.25) is 19.2 Å². The molecule has 0 spiro atoms. The first-order valence-electron chi connectivity index (χ1n) is 14.9. The second-order valence-corrected chi connectivity index (χ2v) is 15.5. The highest BCUT2D eigenvalue weighted by Crippen LogP contribution is 2.76. The van der Waals surface area contributed by atoms with Gasteiger partial charge in [0.2, 0.25) is 0 Å². The quantitative estimate of drug-likeness (QED) is 0.310. The van der Waals surface area contributed by atoms with Gasteiger partial charge in [0.25, 0.3) is 0 Å². The summed E-state index contributed by atoms with van der Waals surface area (Å²) >= 11 is 0. The fraction of sp³-hybridized carbons (Fsp3) is 0.818. The number of Topliss-reactive ketones (excluding diaryl/α,β-unsaturated/α-hetero) is 1. The van der Waals surface area contributed by atoms with Crippen LogP contribution in [0.5, 0.6) is 0 Å². The molecule has 0 amide bonds. The first kappa shape index (κ1) is 28.5. The summed E-state index contributed by atoms with van der Waals surface area (Å²) in [6, 6.07) is 0. The molecule has 0 radical (unpaired) electrons. The van der Waals surface area contributed by atoms with E-state index in [2.05, 4.69) is 41.5 Å². The fourth-order valence-electron chi connectivity index (χ4n) is 10.6. The van der Waals surface area contributed by atoms with Crippen LogP contribution in [-0.2, 0) is 28.7 Å². The third kappa shape index (κ3) is 3.38. The molecule has 0 aromatic heterocycles. The Balaban J connectivity index is 1.67. The summed E-state index contributed by atoms with van der Waals surface area (Å²) in [5.41, 5.74) is -0.930. The lowest BCUT2D eigenvalue weighted by atomic mass is 9.32. The number of hydrogen-bond donors (Lipinski definition) is 0. The Kier molecular flexibility index (Phi) is 6.23. The number of hydrogen-bond acceptors (Lipinski definition) is 6.